The first-order chi connectivity index (χ1) is 13.9. The first-order valence-corrected chi connectivity index (χ1v) is 9.30. The highest BCUT2D eigenvalue weighted by atomic mass is 16.6. The molecule has 0 aromatic carbocycles. The third-order valence-electron chi connectivity index (χ3n) is 4.91. The van der Waals surface area contributed by atoms with Gasteiger partial charge in [-0.3, -0.25) is 0 Å². The number of hydrogen-bond acceptors (Lipinski definition) is 9. The van der Waals surface area contributed by atoms with Crippen LogP contribution in [0.3, 0.4) is 0 Å². The first-order valence-electron chi connectivity index (χ1n) is 9.30. The number of carbonyl (C=O) groups is 1. The number of unbranched alkanes of at least 4 members (excludes halogenated alkanes) is 2. The fourth-order valence-electron chi connectivity index (χ4n) is 3.43. The van der Waals surface area contributed by atoms with Crippen LogP contribution in [0.1, 0.15) is 37.7 Å². The summed E-state index contributed by atoms with van der Waals surface area (Å²) in [6.45, 7) is 1.46. The normalized spacial score (nSPS) is 26.5. The van der Waals surface area contributed by atoms with Gasteiger partial charge in [-0.2, -0.15) is 15.3 Å². The zero-order valence-corrected chi connectivity index (χ0v) is 15.9. The van der Waals surface area contributed by atoms with Crippen molar-refractivity contribution in [2.24, 2.45) is 5.73 Å². The molecule has 1 fully saturated rings. The number of amides is 1. The van der Waals surface area contributed by atoms with Crippen molar-refractivity contribution < 1.29 is 29.6 Å². The van der Waals surface area contributed by atoms with Gasteiger partial charge in [-0.25, -0.2) is 9.31 Å². The standard InChI is InChI=1S/C18H23N5O6/c1-2-3-4-5-13-21-16(28-17(20)27)10-6-7-12(23(10)22-13)18(9-19)15(26)14(25)11(8-24)29-18/h6-7,11,14-15,24-26H,2-5,8H2,1H3,(H2,20,27)/t11-,14-,15-,18+/m1/s1. The quantitative estimate of drug-likeness (QED) is 0.452. The van der Waals surface area contributed by atoms with Crippen LogP contribution in [0.5, 0.6) is 5.88 Å². The van der Waals surface area contributed by atoms with Crippen molar-refractivity contribution >= 4 is 11.6 Å². The van der Waals surface area contributed by atoms with E-state index in [1.54, 1.807) is 0 Å². The zero-order chi connectivity index (χ0) is 21.2. The third-order valence-corrected chi connectivity index (χ3v) is 4.91. The maximum absolute atomic E-state index is 11.3. The maximum atomic E-state index is 11.3. The average molecular weight is 405 g/mol. The lowest BCUT2D eigenvalue weighted by molar-refractivity contribution is -0.0643. The number of fused-ring (bicyclic) bond motifs is 1. The fraction of sp³-hybridized carbons (Fsp3) is 0.556. The Morgan fingerprint density at radius 3 is 2.79 bits per heavy atom. The number of rotatable bonds is 7. The zero-order valence-electron chi connectivity index (χ0n) is 15.9. The second kappa shape index (κ2) is 8.30. The lowest BCUT2D eigenvalue weighted by Gasteiger charge is -2.24. The molecule has 3 rings (SSSR count). The van der Waals surface area contributed by atoms with Crippen LogP contribution in [0.25, 0.3) is 5.52 Å². The minimum absolute atomic E-state index is 0.0925. The number of aromatic nitrogens is 3. The number of hydrogen-bond donors (Lipinski definition) is 4. The number of primary amides is 1. The highest BCUT2D eigenvalue weighted by Crippen LogP contribution is 2.40. The van der Waals surface area contributed by atoms with Crippen molar-refractivity contribution in [2.75, 3.05) is 6.61 Å². The minimum Gasteiger partial charge on any atom is -0.394 e. The van der Waals surface area contributed by atoms with Crippen LogP contribution in [0.15, 0.2) is 12.1 Å². The lowest BCUT2D eigenvalue weighted by atomic mass is 9.92. The van der Waals surface area contributed by atoms with E-state index in [4.69, 9.17) is 15.2 Å². The molecule has 3 heterocycles. The van der Waals surface area contributed by atoms with Gasteiger partial charge in [-0.15, -0.1) is 0 Å². The molecule has 0 saturated carbocycles. The summed E-state index contributed by atoms with van der Waals surface area (Å²) < 4.78 is 11.8. The summed E-state index contributed by atoms with van der Waals surface area (Å²) in [5, 5.41) is 44.3. The van der Waals surface area contributed by atoms with Gasteiger partial charge in [0.05, 0.1) is 12.3 Å². The van der Waals surface area contributed by atoms with Crippen LogP contribution >= 0.6 is 0 Å². The Labute approximate surface area is 166 Å². The highest BCUT2D eigenvalue weighted by molar-refractivity contribution is 5.71. The third kappa shape index (κ3) is 3.63. The topological polar surface area (TPSA) is 176 Å². The van der Waals surface area contributed by atoms with Crippen LogP contribution in [-0.2, 0) is 16.8 Å². The molecule has 5 N–H and O–H groups in total. The largest absolute Gasteiger partial charge is 0.411 e. The molecule has 1 saturated heterocycles. The van der Waals surface area contributed by atoms with E-state index in [1.807, 2.05) is 13.0 Å². The second-order valence-electron chi connectivity index (χ2n) is 6.85. The Morgan fingerprint density at radius 1 is 1.45 bits per heavy atom. The molecule has 2 aromatic heterocycles. The van der Waals surface area contributed by atoms with E-state index < -0.39 is 36.6 Å². The summed E-state index contributed by atoms with van der Waals surface area (Å²) in [7, 11) is 0. The second-order valence-corrected chi connectivity index (χ2v) is 6.85. The van der Waals surface area contributed by atoms with Gasteiger partial charge in [0, 0.05) is 6.42 Å². The number of aryl methyl sites for hydroxylation is 1. The number of carbonyl (C=O) groups excluding carboxylic acids is 1. The van der Waals surface area contributed by atoms with Crippen molar-refractivity contribution in [3.05, 3.63) is 23.7 Å². The van der Waals surface area contributed by atoms with Gasteiger partial charge >= 0.3 is 6.09 Å². The first kappa shape index (κ1) is 20.9. The van der Waals surface area contributed by atoms with Crippen molar-refractivity contribution in [3.8, 4) is 11.9 Å². The predicted octanol–water partition coefficient (Wildman–Crippen LogP) is -0.249. The van der Waals surface area contributed by atoms with Crippen LogP contribution in [0.4, 0.5) is 4.79 Å². The molecular formula is C18H23N5O6. The molecule has 1 amide bonds. The van der Waals surface area contributed by atoms with Crippen LogP contribution in [-0.4, -0.2) is 60.9 Å². The summed E-state index contributed by atoms with van der Waals surface area (Å²) >= 11 is 0. The van der Waals surface area contributed by atoms with Crippen molar-refractivity contribution in [1.29, 1.82) is 5.26 Å². The maximum Gasteiger partial charge on any atom is 0.411 e. The smallest absolute Gasteiger partial charge is 0.394 e. The number of nitriles is 1. The molecule has 0 bridgehead atoms. The summed E-state index contributed by atoms with van der Waals surface area (Å²) in [6.07, 6.45) is -2.11. The Morgan fingerprint density at radius 2 is 2.21 bits per heavy atom. The van der Waals surface area contributed by atoms with Gasteiger partial charge in [0.1, 0.15) is 29.9 Å². The summed E-state index contributed by atoms with van der Waals surface area (Å²) in [5.74, 6) is 0.254. The Bertz CT molecular complexity index is 941. The van der Waals surface area contributed by atoms with E-state index in [-0.39, 0.29) is 17.1 Å². The Hall–Kier alpha value is -2.78. The van der Waals surface area contributed by atoms with E-state index in [0.717, 1.165) is 19.3 Å². The van der Waals surface area contributed by atoms with Gasteiger partial charge in [0.2, 0.25) is 5.60 Å². The van der Waals surface area contributed by atoms with Crippen LogP contribution in [0.2, 0.25) is 0 Å². The van der Waals surface area contributed by atoms with E-state index in [1.165, 1.54) is 16.6 Å². The highest BCUT2D eigenvalue weighted by Gasteiger charge is 2.57. The molecule has 11 nitrogen and oxygen atoms in total. The molecule has 156 valence electrons. The van der Waals surface area contributed by atoms with Crippen molar-refractivity contribution in [3.63, 3.8) is 0 Å². The van der Waals surface area contributed by atoms with Crippen molar-refractivity contribution in [1.82, 2.24) is 14.6 Å². The Kier molecular flexibility index (Phi) is 5.99. The van der Waals surface area contributed by atoms with Crippen molar-refractivity contribution in [2.45, 2.75) is 56.5 Å². The van der Waals surface area contributed by atoms with Gasteiger partial charge < -0.3 is 30.5 Å². The molecular weight excluding hydrogens is 382 g/mol. The molecule has 29 heavy (non-hydrogen) atoms. The predicted molar refractivity (Wildman–Crippen MR) is 97.7 cm³/mol. The SMILES string of the molecule is CCCCCc1nc(OC(N)=O)c2ccc([C@]3(C#N)O[C@H](CO)[C@@H](O)[C@H]3O)n2n1. The molecule has 0 aliphatic carbocycles. The molecule has 2 aromatic rings. The molecule has 4 atom stereocenters. The van der Waals surface area contributed by atoms with Crippen LogP contribution in [0, 0.1) is 11.3 Å². The number of nitrogens with zero attached hydrogens (tertiary/aromatic N) is 4. The number of aliphatic hydroxyl groups excluding tert-OH is 3. The van der Waals surface area contributed by atoms with Crippen LogP contribution < -0.4 is 10.5 Å². The molecule has 0 spiro atoms. The number of aliphatic hydroxyl groups is 3. The number of nitrogens with two attached hydrogens (primary N) is 1. The van der Waals surface area contributed by atoms with E-state index in [9.17, 15) is 25.4 Å². The monoisotopic (exact) mass is 405 g/mol. The van der Waals surface area contributed by atoms with E-state index in [2.05, 4.69) is 10.1 Å². The summed E-state index contributed by atoms with van der Waals surface area (Å²) in [6, 6.07) is 4.83. The van der Waals surface area contributed by atoms with E-state index >= 15 is 0 Å². The van der Waals surface area contributed by atoms with E-state index in [0.29, 0.717) is 12.2 Å². The summed E-state index contributed by atoms with van der Waals surface area (Å²) in [4.78, 5) is 15.5. The fourth-order valence-corrected chi connectivity index (χ4v) is 3.43. The van der Waals surface area contributed by atoms with Gasteiger partial charge in [0.15, 0.2) is 5.82 Å². The Balaban J connectivity index is 2.14. The number of ether oxygens (including phenoxy) is 2. The van der Waals surface area contributed by atoms with Gasteiger partial charge in [-0.1, -0.05) is 19.8 Å². The average Bonchev–Trinajstić information content (AvgIpc) is 3.22. The molecule has 11 heteroatoms. The molecule has 1 aliphatic rings. The molecule has 0 radical (unpaired) electrons. The summed E-state index contributed by atoms with van der Waals surface area (Å²) in [5.41, 5.74) is 3.48. The molecule has 0 unspecified atom stereocenters. The minimum atomic E-state index is -1.99. The van der Waals surface area contributed by atoms with Gasteiger partial charge in [0.25, 0.3) is 5.88 Å². The van der Waals surface area contributed by atoms with Gasteiger partial charge in [-0.05, 0) is 18.6 Å². The molecule has 1 aliphatic heterocycles. The lowest BCUT2D eigenvalue weighted by Crippen LogP contribution is -2.41.